The van der Waals surface area contributed by atoms with Gasteiger partial charge in [0.05, 0.1) is 6.04 Å². The number of hydrogen-bond acceptors (Lipinski definition) is 2. The van der Waals surface area contributed by atoms with E-state index in [-0.39, 0.29) is 18.6 Å². The molecule has 0 aliphatic carbocycles. The van der Waals surface area contributed by atoms with E-state index in [4.69, 9.17) is 16.3 Å². The number of carbonyl (C=O) groups is 1. The number of halogens is 2. The standard InChI is InChI=1S/C17H17BrClNO2/c1-12(13-3-7-15(19)8-4-13)20(2)17(21)11-22-16-9-5-14(18)6-10-16/h3-10,12H,11H2,1-2H3. The maximum Gasteiger partial charge on any atom is 0.260 e. The molecule has 0 saturated carbocycles. The molecule has 116 valence electrons. The lowest BCUT2D eigenvalue weighted by molar-refractivity contribution is -0.134. The molecule has 2 rings (SSSR count). The van der Waals surface area contributed by atoms with E-state index in [1.54, 1.807) is 11.9 Å². The fourth-order valence-corrected chi connectivity index (χ4v) is 2.35. The van der Waals surface area contributed by atoms with Crippen LogP contribution in [0.25, 0.3) is 0 Å². The maximum atomic E-state index is 12.2. The number of rotatable bonds is 5. The Balaban J connectivity index is 1.93. The zero-order chi connectivity index (χ0) is 16.1. The third-order valence-electron chi connectivity index (χ3n) is 3.50. The van der Waals surface area contributed by atoms with Crippen LogP contribution in [0, 0.1) is 0 Å². The minimum absolute atomic E-state index is 0.00998. The van der Waals surface area contributed by atoms with E-state index in [1.807, 2.05) is 55.5 Å². The van der Waals surface area contributed by atoms with Crippen molar-refractivity contribution in [2.45, 2.75) is 13.0 Å². The van der Waals surface area contributed by atoms with Crippen molar-refractivity contribution in [3.8, 4) is 5.75 Å². The van der Waals surface area contributed by atoms with Crippen LogP contribution in [0.3, 0.4) is 0 Å². The quantitative estimate of drug-likeness (QED) is 0.750. The maximum absolute atomic E-state index is 12.2. The fraction of sp³-hybridized carbons (Fsp3) is 0.235. The Hall–Kier alpha value is -1.52. The third-order valence-corrected chi connectivity index (χ3v) is 4.28. The van der Waals surface area contributed by atoms with Gasteiger partial charge in [0.15, 0.2) is 6.61 Å². The molecule has 0 heterocycles. The second-order valence-electron chi connectivity index (χ2n) is 4.97. The average molecular weight is 383 g/mol. The Labute approximate surface area is 144 Å². The molecule has 0 aromatic heterocycles. The van der Waals surface area contributed by atoms with Crippen molar-refractivity contribution in [1.82, 2.24) is 4.90 Å². The van der Waals surface area contributed by atoms with Crippen LogP contribution >= 0.6 is 27.5 Å². The van der Waals surface area contributed by atoms with Gasteiger partial charge < -0.3 is 9.64 Å². The van der Waals surface area contributed by atoms with Crippen molar-refractivity contribution in [2.75, 3.05) is 13.7 Å². The number of hydrogen-bond donors (Lipinski definition) is 0. The largest absolute Gasteiger partial charge is 0.484 e. The van der Waals surface area contributed by atoms with Crippen LogP contribution in [0.1, 0.15) is 18.5 Å². The SMILES string of the molecule is CC(c1ccc(Cl)cc1)N(C)C(=O)COc1ccc(Br)cc1. The zero-order valence-electron chi connectivity index (χ0n) is 12.4. The predicted octanol–water partition coefficient (Wildman–Crippen LogP) is 4.70. The van der Waals surface area contributed by atoms with Crippen molar-refractivity contribution in [1.29, 1.82) is 0 Å². The van der Waals surface area contributed by atoms with E-state index in [2.05, 4.69) is 15.9 Å². The van der Waals surface area contributed by atoms with Crippen molar-refractivity contribution >= 4 is 33.4 Å². The van der Waals surface area contributed by atoms with Gasteiger partial charge in [-0.15, -0.1) is 0 Å². The van der Waals surface area contributed by atoms with Gasteiger partial charge in [-0.2, -0.15) is 0 Å². The molecular formula is C17H17BrClNO2. The van der Waals surface area contributed by atoms with Gasteiger partial charge in [0, 0.05) is 16.5 Å². The lowest BCUT2D eigenvalue weighted by atomic mass is 10.1. The molecule has 0 radical (unpaired) electrons. The topological polar surface area (TPSA) is 29.5 Å². The molecule has 0 saturated heterocycles. The highest BCUT2D eigenvalue weighted by molar-refractivity contribution is 9.10. The molecule has 2 aromatic carbocycles. The highest BCUT2D eigenvalue weighted by Gasteiger charge is 2.17. The van der Waals surface area contributed by atoms with Crippen LogP contribution < -0.4 is 4.74 Å². The molecule has 0 fully saturated rings. The van der Waals surface area contributed by atoms with Crippen LogP contribution in [0.15, 0.2) is 53.0 Å². The molecule has 1 unspecified atom stereocenters. The summed E-state index contributed by atoms with van der Waals surface area (Å²) < 4.78 is 6.49. The second-order valence-corrected chi connectivity index (χ2v) is 6.33. The Bertz CT molecular complexity index is 628. The monoisotopic (exact) mass is 381 g/mol. The number of ether oxygens (including phenoxy) is 1. The zero-order valence-corrected chi connectivity index (χ0v) is 14.8. The first-order valence-electron chi connectivity index (χ1n) is 6.87. The van der Waals surface area contributed by atoms with Gasteiger partial charge >= 0.3 is 0 Å². The van der Waals surface area contributed by atoms with Gasteiger partial charge in [0.1, 0.15) is 5.75 Å². The first kappa shape index (κ1) is 16.8. The summed E-state index contributed by atoms with van der Waals surface area (Å²) in [6, 6.07) is 14.8. The van der Waals surface area contributed by atoms with Crippen LogP contribution in [0.2, 0.25) is 5.02 Å². The first-order valence-corrected chi connectivity index (χ1v) is 8.04. The highest BCUT2D eigenvalue weighted by atomic mass is 79.9. The fourth-order valence-electron chi connectivity index (χ4n) is 1.96. The van der Waals surface area contributed by atoms with Gasteiger partial charge in [-0.1, -0.05) is 39.7 Å². The molecule has 22 heavy (non-hydrogen) atoms. The Morgan fingerprint density at radius 1 is 1.18 bits per heavy atom. The molecule has 0 N–H and O–H groups in total. The van der Waals surface area contributed by atoms with Gasteiger partial charge in [-0.05, 0) is 48.9 Å². The number of likely N-dealkylation sites (N-methyl/N-ethyl adjacent to an activating group) is 1. The number of carbonyl (C=O) groups excluding carboxylic acids is 1. The molecule has 3 nitrogen and oxygen atoms in total. The summed E-state index contributed by atoms with van der Waals surface area (Å²) in [5, 5.41) is 0.684. The summed E-state index contributed by atoms with van der Waals surface area (Å²) in [6.07, 6.45) is 0. The van der Waals surface area contributed by atoms with E-state index in [0.717, 1.165) is 10.0 Å². The third kappa shape index (κ3) is 4.49. The Kier molecular flexibility index (Phi) is 5.86. The lowest BCUT2D eigenvalue weighted by Gasteiger charge is -2.25. The average Bonchev–Trinajstić information content (AvgIpc) is 2.53. The van der Waals surface area contributed by atoms with Crippen molar-refractivity contribution < 1.29 is 9.53 Å². The molecule has 1 atom stereocenters. The number of benzene rings is 2. The molecule has 2 aromatic rings. The van der Waals surface area contributed by atoms with E-state index in [0.29, 0.717) is 10.8 Å². The molecule has 1 amide bonds. The number of nitrogens with zero attached hydrogens (tertiary/aromatic N) is 1. The molecule has 5 heteroatoms. The summed E-state index contributed by atoms with van der Waals surface area (Å²) in [7, 11) is 1.77. The number of amides is 1. The van der Waals surface area contributed by atoms with Gasteiger partial charge in [-0.25, -0.2) is 0 Å². The molecule has 0 bridgehead atoms. The molecular weight excluding hydrogens is 366 g/mol. The summed E-state index contributed by atoms with van der Waals surface area (Å²) in [5.74, 6) is 0.592. The van der Waals surface area contributed by atoms with Crippen LogP contribution in [0.4, 0.5) is 0 Å². The first-order chi connectivity index (χ1) is 10.5. The summed E-state index contributed by atoms with van der Waals surface area (Å²) >= 11 is 9.24. The highest BCUT2D eigenvalue weighted by Crippen LogP contribution is 2.21. The molecule has 0 spiro atoms. The molecule has 0 aliphatic rings. The van der Waals surface area contributed by atoms with E-state index in [1.165, 1.54) is 0 Å². The smallest absolute Gasteiger partial charge is 0.260 e. The van der Waals surface area contributed by atoms with E-state index < -0.39 is 0 Å². The Morgan fingerprint density at radius 3 is 2.36 bits per heavy atom. The van der Waals surface area contributed by atoms with Crippen molar-refractivity contribution in [2.24, 2.45) is 0 Å². The van der Waals surface area contributed by atoms with E-state index >= 15 is 0 Å². The van der Waals surface area contributed by atoms with E-state index in [9.17, 15) is 4.79 Å². The summed E-state index contributed by atoms with van der Waals surface area (Å²) in [6.45, 7) is 1.98. The van der Waals surface area contributed by atoms with Crippen LogP contribution in [0.5, 0.6) is 5.75 Å². The Morgan fingerprint density at radius 2 is 1.77 bits per heavy atom. The second kappa shape index (κ2) is 7.65. The normalized spacial score (nSPS) is 11.8. The van der Waals surface area contributed by atoms with Crippen molar-refractivity contribution in [3.63, 3.8) is 0 Å². The minimum Gasteiger partial charge on any atom is -0.484 e. The minimum atomic E-state index is -0.0784. The molecule has 0 aliphatic heterocycles. The lowest BCUT2D eigenvalue weighted by Crippen LogP contribution is -2.33. The van der Waals surface area contributed by atoms with Gasteiger partial charge in [0.2, 0.25) is 0 Å². The van der Waals surface area contributed by atoms with Gasteiger partial charge in [-0.3, -0.25) is 4.79 Å². The van der Waals surface area contributed by atoms with Gasteiger partial charge in [0.25, 0.3) is 5.91 Å². The summed E-state index contributed by atoms with van der Waals surface area (Å²) in [4.78, 5) is 13.9. The van der Waals surface area contributed by atoms with Crippen molar-refractivity contribution in [3.05, 3.63) is 63.6 Å². The van der Waals surface area contributed by atoms with Crippen LogP contribution in [-0.2, 0) is 4.79 Å². The summed E-state index contributed by atoms with van der Waals surface area (Å²) in [5.41, 5.74) is 1.03. The predicted molar refractivity (Wildman–Crippen MR) is 92.3 cm³/mol. The van der Waals surface area contributed by atoms with Crippen LogP contribution in [-0.4, -0.2) is 24.5 Å².